The standard InChI is InChI=1S/C8H10N2O2.Al/c1-12-8(11)5-2-3-6(9)7(10)4-5;/h2-4H,10H2,1H3,(H2,9,11);/q;+1/p-1. The van der Waals surface area contributed by atoms with Gasteiger partial charge in [-0.25, -0.2) is 4.79 Å². The molecule has 0 atom stereocenters. The second-order valence-corrected chi connectivity index (χ2v) is 2.73. The van der Waals surface area contributed by atoms with Gasteiger partial charge < -0.3 is 14.8 Å². The zero-order valence-electron chi connectivity index (χ0n) is 7.20. The summed E-state index contributed by atoms with van der Waals surface area (Å²) >= 11 is 2.33. The van der Waals surface area contributed by atoms with Gasteiger partial charge in [0.2, 0.25) is 0 Å². The Morgan fingerprint density at radius 1 is 1.62 bits per heavy atom. The van der Waals surface area contributed by atoms with Gasteiger partial charge in [-0.2, -0.15) is 0 Å². The SMILES string of the molecule is COC(=O)c1ccc([NH][Al])c(N)c1. The molecule has 0 heterocycles. The molecule has 13 heavy (non-hydrogen) atoms. The van der Waals surface area contributed by atoms with Crippen LogP contribution in [0.4, 0.5) is 11.4 Å². The minimum atomic E-state index is -0.387. The number of benzene rings is 1. The highest BCUT2D eigenvalue weighted by atomic mass is 27.1. The maximum Gasteiger partial charge on any atom is 0.337 e. The molecule has 0 amide bonds. The van der Waals surface area contributed by atoms with Crippen molar-refractivity contribution in [3.8, 4) is 0 Å². The first-order valence-corrected chi connectivity index (χ1v) is 4.21. The van der Waals surface area contributed by atoms with Crippen LogP contribution in [-0.2, 0) is 4.74 Å². The molecule has 5 heteroatoms. The van der Waals surface area contributed by atoms with Crippen molar-refractivity contribution in [2.45, 2.75) is 0 Å². The molecule has 0 fully saturated rings. The Balaban J connectivity index is 3.02. The number of carbonyl (C=O) groups is 1. The van der Waals surface area contributed by atoms with Crippen molar-refractivity contribution in [1.82, 2.24) is 0 Å². The van der Waals surface area contributed by atoms with Crippen LogP contribution in [0, 0.1) is 0 Å². The number of nitrogen functional groups attached to an aromatic ring is 1. The predicted octanol–water partition coefficient (Wildman–Crippen LogP) is 0.551. The maximum atomic E-state index is 11.1. The fourth-order valence-electron chi connectivity index (χ4n) is 0.939. The first-order valence-electron chi connectivity index (χ1n) is 3.63. The number of methoxy groups -OCH3 is 1. The van der Waals surface area contributed by atoms with Gasteiger partial charge in [-0.15, -0.1) is 0 Å². The van der Waals surface area contributed by atoms with E-state index in [-0.39, 0.29) is 5.97 Å². The minimum Gasteiger partial charge on any atom is -0.489 e. The van der Waals surface area contributed by atoms with E-state index in [0.717, 1.165) is 5.69 Å². The topological polar surface area (TPSA) is 64.3 Å². The van der Waals surface area contributed by atoms with Gasteiger partial charge in [-0.1, -0.05) is 0 Å². The van der Waals surface area contributed by atoms with E-state index in [1.807, 2.05) is 0 Å². The average molecular weight is 192 g/mol. The minimum absolute atomic E-state index is 0.387. The molecule has 1 aromatic rings. The van der Waals surface area contributed by atoms with Gasteiger partial charge in [0.25, 0.3) is 0 Å². The molecule has 0 bridgehead atoms. The summed E-state index contributed by atoms with van der Waals surface area (Å²) < 4.78 is 7.36. The van der Waals surface area contributed by atoms with Crippen LogP contribution in [0.15, 0.2) is 18.2 Å². The Morgan fingerprint density at radius 3 is 2.77 bits per heavy atom. The largest absolute Gasteiger partial charge is 0.489 e. The van der Waals surface area contributed by atoms with Crippen LogP contribution in [0.1, 0.15) is 10.4 Å². The molecule has 66 valence electrons. The Labute approximate surface area is 84.7 Å². The summed E-state index contributed by atoms with van der Waals surface area (Å²) in [6.07, 6.45) is 0. The monoisotopic (exact) mass is 192 g/mol. The molecule has 2 radical (unpaired) electrons. The van der Waals surface area contributed by atoms with Crippen molar-refractivity contribution >= 4 is 33.9 Å². The van der Waals surface area contributed by atoms with Gasteiger partial charge in [0.05, 0.1) is 18.4 Å². The van der Waals surface area contributed by atoms with Crippen LogP contribution >= 0.6 is 0 Å². The molecule has 0 saturated heterocycles. The van der Waals surface area contributed by atoms with Crippen LogP contribution in [0.2, 0.25) is 0 Å². The van der Waals surface area contributed by atoms with Crippen LogP contribution in [0.5, 0.6) is 0 Å². The Kier molecular flexibility index (Phi) is 3.18. The Bertz CT molecular complexity index is 328. The molecule has 3 N–H and O–H groups in total. The number of esters is 1. The van der Waals surface area contributed by atoms with E-state index in [1.54, 1.807) is 18.2 Å². The first-order chi connectivity index (χ1) is 6.19. The zero-order chi connectivity index (χ0) is 9.84. The molecular weight excluding hydrogens is 183 g/mol. The van der Waals surface area contributed by atoms with Crippen molar-refractivity contribution in [3.05, 3.63) is 23.8 Å². The number of carbonyl (C=O) groups excluding carboxylic acids is 1. The quantitative estimate of drug-likeness (QED) is 0.408. The van der Waals surface area contributed by atoms with E-state index in [4.69, 9.17) is 5.73 Å². The fourth-order valence-corrected chi connectivity index (χ4v) is 1.20. The molecule has 0 aliphatic carbocycles. The van der Waals surface area contributed by atoms with E-state index < -0.39 is 0 Å². The molecule has 0 aliphatic rings. The second-order valence-electron chi connectivity index (χ2n) is 2.44. The molecule has 0 unspecified atom stereocenters. The van der Waals surface area contributed by atoms with Crippen molar-refractivity contribution < 1.29 is 9.53 Å². The van der Waals surface area contributed by atoms with Gasteiger partial charge in [0, 0.05) is 5.69 Å². The smallest absolute Gasteiger partial charge is 0.337 e. The summed E-state index contributed by atoms with van der Waals surface area (Å²) in [4.78, 5) is 11.1. The fraction of sp³-hybridized carbons (Fsp3) is 0.125. The third-order valence-corrected chi connectivity index (χ3v) is 1.94. The molecule has 4 nitrogen and oxygen atoms in total. The molecule has 0 saturated carbocycles. The van der Waals surface area contributed by atoms with Crippen molar-refractivity contribution in [3.63, 3.8) is 0 Å². The van der Waals surface area contributed by atoms with Crippen LogP contribution in [0.3, 0.4) is 0 Å². The first kappa shape index (κ1) is 9.91. The lowest BCUT2D eigenvalue weighted by Gasteiger charge is -2.06. The third kappa shape index (κ3) is 2.14. The van der Waals surface area contributed by atoms with E-state index in [2.05, 4.69) is 25.5 Å². The number of anilines is 2. The molecule has 1 aromatic carbocycles. The zero-order valence-corrected chi connectivity index (χ0v) is 8.36. The lowest BCUT2D eigenvalue weighted by Crippen LogP contribution is -2.04. The summed E-state index contributed by atoms with van der Waals surface area (Å²) in [7, 11) is 1.33. The third-order valence-electron chi connectivity index (χ3n) is 1.63. The summed E-state index contributed by atoms with van der Waals surface area (Å²) in [5.41, 5.74) is 7.36. The van der Waals surface area contributed by atoms with Crippen molar-refractivity contribution in [2.24, 2.45) is 0 Å². The Morgan fingerprint density at radius 2 is 2.31 bits per heavy atom. The average Bonchev–Trinajstić information content (AvgIpc) is 2.16. The summed E-state index contributed by atoms with van der Waals surface area (Å²) in [6.45, 7) is 0. The van der Waals surface area contributed by atoms with Gasteiger partial charge >= 0.3 is 22.5 Å². The maximum absolute atomic E-state index is 11.1. The summed E-state index contributed by atoms with van der Waals surface area (Å²) in [5, 5.41) is 0. The van der Waals surface area contributed by atoms with Crippen LogP contribution in [0.25, 0.3) is 0 Å². The van der Waals surface area contributed by atoms with E-state index in [1.165, 1.54) is 7.11 Å². The van der Waals surface area contributed by atoms with E-state index in [9.17, 15) is 4.79 Å². The highest BCUT2D eigenvalue weighted by molar-refractivity contribution is 6.17. The summed E-state index contributed by atoms with van der Waals surface area (Å²) in [5.74, 6) is -0.387. The van der Waals surface area contributed by atoms with Crippen LogP contribution in [-0.4, -0.2) is 29.6 Å². The van der Waals surface area contributed by atoms with Gasteiger partial charge in [0.1, 0.15) is 0 Å². The summed E-state index contributed by atoms with van der Waals surface area (Å²) in [6, 6.07) is 4.93. The number of nitrogens with two attached hydrogens (primary N) is 1. The number of hydrogen-bond acceptors (Lipinski definition) is 4. The Hall–Kier alpha value is -1.18. The lowest BCUT2D eigenvalue weighted by molar-refractivity contribution is 0.0601. The second kappa shape index (κ2) is 4.17. The number of ether oxygens (including phenoxy) is 1. The number of hydrogen-bond donors (Lipinski definition) is 2. The van der Waals surface area contributed by atoms with E-state index >= 15 is 0 Å². The highest BCUT2D eigenvalue weighted by Crippen LogP contribution is 2.19. The normalized spacial score (nSPS) is 9.31. The number of nitrogens with one attached hydrogen (secondary N) is 1. The molecule has 1 rings (SSSR count). The van der Waals surface area contributed by atoms with Gasteiger partial charge in [-0.3, -0.25) is 0 Å². The number of rotatable bonds is 2. The van der Waals surface area contributed by atoms with Gasteiger partial charge in [-0.05, 0) is 18.2 Å². The van der Waals surface area contributed by atoms with Crippen LogP contribution < -0.4 is 10.0 Å². The van der Waals surface area contributed by atoms with Gasteiger partial charge in [0.15, 0.2) is 0 Å². The van der Waals surface area contributed by atoms with Crippen molar-refractivity contribution in [1.29, 1.82) is 0 Å². The molecule has 0 aliphatic heterocycles. The predicted molar refractivity (Wildman–Crippen MR) is 51.6 cm³/mol. The molecule has 0 aromatic heterocycles. The highest BCUT2D eigenvalue weighted by Gasteiger charge is 2.06. The van der Waals surface area contributed by atoms with Crippen molar-refractivity contribution in [2.75, 3.05) is 17.1 Å². The molecular formula is C8H9AlN2O2. The molecule has 0 spiro atoms. The van der Waals surface area contributed by atoms with E-state index in [0.29, 0.717) is 11.3 Å². The lowest BCUT2D eigenvalue weighted by atomic mass is 10.2.